The van der Waals surface area contributed by atoms with Crippen LogP contribution in [0.25, 0.3) is 44.4 Å². The van der Waals surface area contributed by atoms with Crippen LogP contribution in [-0.2, 0) is 30.9 Å². The summed E-state index contributed by atoms with van der Waals surface area (Å²) in [6, 6.07) is 17.0. The Hall–Kier alpha value is -6.51. The fourth-order valence-electron chi connectivity index (χ4n) is 11.4. The average Bonchev–Trinajstić information content (AvgIpc) is 4.20. The van der Waals surface area contributed by atoms with Gasteiger partial charge in [-0.3, -0.25) is 14.4 Å². The Bertz CT molecular complexity index is 2750. The number of alkyl carbamates (subject to hydrolysis) is 2. The van der Waals surface area contributed by atoms with Gasteiger partial charge in [-0.1, -0.05) is 83.0 Å². The molecule has 4 heterocycles. The lowest BCUT2D eigenvalue weighted by Gasteiger charge is -2.30. The van der Waals surface area contributed by atoms with E-state index in [1.165, 1.54) is 43.8 Å². The minimum Gasteiger partial charge on any atom is -0.453 e. The standard InChI is InChI=1S/C52H62N8O7/c1-29(2)43(56-50(64)66-5)48(62)59-25-9-11-40(59)45-53-28-39(55-45)32-15-13-31(14-16-32)35-19-18-34(36-21-24-52(42(35)36)22-7-8-23-52)33-17-20-38-37(27-33)47(61)58-46(54-38)41-12-10-26-60(41)49(63)44(30(3)4)57-51(65)67-6/h13-20,27-30,40-41,43-44H,7-12,21-26H2,1-6H3,(H,53,55)(H,56,64)(H,57,65)(H,54,58,61)/t40-,41-,43-,44-/m0/s1. The number of fused-ring (bicyclic) bond motifs is 3. The van der Waals surface area contributed by atoms with E-state index in [1.807, 2.05) is 50.9 Å². The van der Waals surface area contributed by atoms with Gasteiger partial charge >= 0.3 is 12.2 Å². The van der Waals surface area contributed by atoms with Gasteiger partial charge in [0.05, 0.1) is 49.1 Å². The lowest BCUT2D eigenvalue weighted by Crippen LogP contribution is -2.51. The fraction of sp³-hybridized carbons (Fsp3) is 0.481. The summed E-state index contributed by atoms with van der Waals surface area (Å²) in [6.45, 7) is 8.66. The summed E-state index contributed by atoms with van der Waals surface area (Å²) >= 11 is 0. The second kappa shape index (κ2) is 18.6. The van der Waals surface area contributed by atoms with Crippen LogP contribution in [0, 0.1) is 11.8 Å². The van der Waals surface area contributed by atoms with Crippen molar-refractivity contribution >= 4 is 34.9 Å². The van der Waals surface area contributed by atoms with Gasteiger partial charge in [-0.15, -0.1) is 0 Å². The number of rotatable bonds is 11. The number of benzene rings is 3. The third-order valence-electron chi connectivity index (χ3n) is 14.9. The Morgan fingerprint density at radius 3 is 1.87 bits per heavy atom. The van der Waals surface area contributed by atoms with Gasteiger partial charge in [0.1, 0.15) is 23.7 Å². The van der Waals surface area contributed by atoms with Crippen molar-refractivity contribution in [2.24, 2.45) is 11.8 Å². The van der Waals surface area contributed by atoms with Crippen molar-refractivity contribution in [2.75, 3.05) is 27.3 Å². The zero-order chi connectivity index (χ0) is 47.1. The summed E-state index contributed by atoms with van der Waals surface area (Å²) in [6.07, 6.45) is 10.4. The molecule has 352 valence electrons. The highest BCUT2D eigenvalue weighted by Crippen LogP contribution is 2.55. The number of aromatic amines is 2. The van der Waals surface area contributed by atoms with E-state index >= 15 is 0 Å². The van der Waals surface area contributed by atoms with E-state index in [9.17, 15) is 24.0 Å². The molecule has 3 aromatic carbocycles. The summed E-state index contributed by atoms with van der Waals surface area (Å²) in [5, 5.41) is 5.90. The molecule has 0 bridgehead atoms. The predicted molar refractivity (Wildman–Crippen MR) is 255 cm³/mol. The van der Waals surface area contributed by atoms with E-state index in [-0.39, 0.29) is 40.7 Å². The summed E-state index contributed by atoms with van der Waals surface area (Å²) in [5.74, 6) is 0.526. The van der Waals surface area contributed by atoms with Crippen LogP contribution >= 0.6 is 0 Å². The average molecular weight is 911 g/mol. The summed E-state index contributed by atoms with van der Waals surface area (Å²) in [5.41, 5.74) is 9.59. The Kier molecular flexibility index (Phi) is 12.7. The molecule has 4 N–H and O–H groups in total. The first-order valence-electron chi connectivity index (χ1n) is 24.0. The van der Waals surface area contributed by atoms with Gasteiger partial charge in [0.15, 0.2) is 0 Å². The molecule has 15 nitrogen and oxygen atoms in total. The molecule has 67 heavy (non-hydrogen) atoms. The van der Waals surface area contributed by atoms with Crippen molar-refractivity contribution in [3.8, 4) is 33.5 Å². The number of amides is 4. The number of imidazole rings is 1. The first kappa shape index (κ1) is 45.6. The Morgan fingerprint density at radius 2 is 1.27 bits per heavy atom. The molecule has 1 spiro atoms. The van der Waals surface area contributed by atoms with E-state index in [0.29, 0.717) is 36.2 Å². The van der Waals surface area contributed by atoms with Crippen LogP contribution in [0.15, 0.2) is 65.6 Å². The molecule has 5 aromatic rings. The lowest BCUT2D eigenvalue weighted by atomic mass is 9.76. The molecule has 4 aliphatic rings. The van der Waals surface area contributed by atoms with Gasteiger partial charge in [0.25, 0.3) is 5.56 Å². The fourth-order valence-corrected chi connectivity index (χ4v) is 11.4. The lowest BCUT2D eigenvalue weighted by molar-refractivity contribution is -0.136. The molecule has 2 saturated heterocycles. The van der Waals surface area contributed by atoms with Crippen LogP contribution in [0.2, 0.25) is 0 Å². The molecule has 1 saturated carbocycles. The summed E-state index contributed by atoms with van der Waals surface area (Å²) in [4.78, 5) is 85.4. The van der Waals surface area contributed by atoms with E-state index in [0.717, 1.165) is 78.7 Å². The van der Waals surface area contributed by atoms with Crippen molar-refractivity contribution in [2.45, 2.75) is 121 Å². The van der Waals surface area contributed by atoms with E-state index < -0.39 is 30.3 Å². The normalized spacial score (nSPS) is 19.6. The van der Waals surface area contributed by atoms with E-state index in [1.54, 1.807) is 4.90 Å². The van der Waals surface area contributed by atoms with Crippen molar-refractivity contribution in [1.29, 1.82) is 0 Å². The van der Waals surface area contributed by atoms with Crippen molar-refractivity contribution in [3.63, 3.8) is 0 Å². The molecule has 4 atom stereocenters. The number of hydrogen-bond donors (Lipinski definition) is 4. The monoisotopic (exact) mass is 910 g/mol. The Morgan fingerprint density at radius 1 is 0.701 bits per heavy atom. The zero-order valence-electron chi connectivity index (χ0n) is 39.4. The number of carbonyl (C=O) groups excluding carboxylic acids is 4. The molecule has 2 aliphatic heterocycles. The SMILES string of the molecule is COC(=O)N[C@H](C(=O)N1CCC[C@H]1c1ncc(-c2ccc(-c3ccc(-c4ccc5nc([C@@H]6CCCN6C(=O)[C@@H](NC(=O)OC)C(C)C)[nH]c(=O)c5c4)c4c3C3(CCCC3)CC4)cc2)[nH]1)C(C)C. The minimum atomic E-state index is -0.771. The maximum atomic E-state index is 13.9. The number of ether oxygens (including phenoxy) is 2. The van der Waals surface area contributed by atoms with Gasteiger partial charge < -0.3 is 39.9 Å². The summed E-state index contributed by atoms with van der Waals surface area (Å²) < 4.78 is 9.59. The third kappa shape index (κ3) is 8.57. The molecule has 0 radical (unpaired) electrons. The number of nitrogens with one attached hydrogen (secondary N) is 4. The smallest absolute Gasteiger partial charge is 0.407 e. The molecule has 9 rings (SSSR count). The van der Waals surface area contributed by atoms with Crippen LogP contribution in [0.4, 0.5) is 9.59 Å². The maximum absolute atomic E-state index is 13.9. The Labute approximate surface area is 390 Å². The second-order valence-electron chi connectivity index (χ2n) is 19.5. The number of aromatic nitrogens is 4. The number of nitrogens with zero attached hydrogens (tertiary/aromatic N) is 4. The molecule has 2 aromatic heterocycles. The van der Waals surface area contributed by atoms with Crippen LogP contribution in [-0.4, -0.2) is 93.1 Å². The second-order valence-corrected chi connectivity index (χ2v) is 19.5. The molecular weight excluding hydrogens is 849 g/mol. The molecule has 0 unspecified atom stereocenters. The number of methoxy groups -OCH3 is 2. The first-order chi connectivity index (χ1) is 32.3. The maximum Gasteiger partial charge on any atom is 0.407 e. The van der Waals surface area contributed by atoms with Crippen LogP contribution in [0.5, 0.6) is 0 Å². The van der Waals surface area contributed by atoms with E-state index in [4.69, 9.17) is 19.4 Å². The quantitative estimate of drug-likeness (QED) is 0.101. The highest BCUT2D eigenvalue weighted by atomic mass is 16.5. The van der Waals surface area contributed by atoms with Crippen molar-refractivity contribution in [3.05, 3.63) is 93.9 Å². The van der Waals surface area contributed by atoms with Gasteiger partial charge in [-0.2, -0.15) is 0 Å². The van der Waals surface area contributed by atoms with Crippen LogP contribution in [0.3, 0.4) is 0 Å². The highest BCUT2D eigenvalue weighted by molar-refractivity contribution is 5.89. The first-order valence-corrected chi connectivity index (χ1v) is 24.0. The van der Waals surface area contributed by atoms with Gasteiger partial charge in [-0.05, 0) is 120 Å². The topological polar surface area (TPSA) is 192 Å². The molecule has 2 aliphatic carbocycles. The predicted octanol–water partition coefficient (Wildman–Crippen LogP) is 8.49. The van der Waals surface area contributed by atoms with Gasteiger partial charge in [-0.25, -0.2) is 19.6 Å². The number of hydrogen-bond acceptors (Lipinski definition) is 9. The Balaban J connectivity index is 0.980. The molecule has 4 amide bonds. The molecular formula is C52H62N8O7. The number of H-pyrrole nitrogens is 2. The number of carbonyl (C=O) groups is 4. The zero-order valence-corrected chi connectivity index (χ0v) is 39.4. The van der Waals surface area contributed by atoms with Crippen molar-refractivity contribution < 1.29 is 28.7 Å². The van der Waals surface area contributed by atoms with Gasteiger partial charge in [0.2, 0.25) is 11.8 Å². The van der Waals surface area contributed by atoms with Crippen molar-refractivity contribution in [1.82, 2.24) is 40.4 Å². The summed E-state index contributed by atoms with van der Waals surface area (Å²) in [7, 11) is 2.57. The van der Waals surface area contributed by atoms with Crippen LogP contribution in [0.1, 0.15) is 120 Å². The largest absolute Gasteiger partial charge is 0.453 e. The third-order valence-corrected chi connectivity index (χ3v) is 14.9. The van der Waals surface area contributed by atoms with Crippen LogP contribution < -0.4 is 16.2 Å². The highest BCUT2D eigenvalue weighted by Gasteiger charge is 2.44. The minimum absolute atomic E-state index is 0.111. The molecule has 15 heteroatoms. The number of likely N-dealkylation sites (tertiary alicyclic amines) is 2. The van der Waals surface area contributed by atoms with E-state index in [2.05, 4.69) is 63.1 Å². The molecule has 3 fully saturated rings. The van der Waals surface area contributed by atoms with Gasteiger partial charge in [0, 0.05) is 13.1 Å².